The maximum atomic E-state index is 10.7. The van der Waals surface area contributed by atoms with Crippen molar-refractivity contribution in [3.8, 4) is 0 Å². The van der Waals surface area contributed by atoms with E-state index < -0.39 is 5.97 Å². The van der Waals surface area contributed by atoms with Crippen LogP contribution in [0.2, 0.25) is 0 Å². The van der Waals surface area contributed by atoms with E-state index in [1.54, 1.807) is 12.1 Å². The van der Waals surface area contributed by atoms with Crippen LogP contribution in [0.4, 0.5) is 5.82 Å². The lowest BCUT2D eigenvalue weighted by atomic mass is 10.3. The highest BCUT2D eigenvalue weighted by Crippen LogP contribution is 2.04. The summed E-state index contributed by atoms with van der Waals surface area (Å²) in [5.74, 6) is -0.231. The maximum absolute atomic E-state index is 10.7. The molecule has 0 amide bonds. The molecule has 0 bridgehead atoms. The second-order valence-corrected chi connectivity index (χ2v) is 4.26. The van der Waals surface area contributed by atoms with Gasteiger partial charge in [0.05, 0.1) is 5.56 Å². The standard InChI is InChI=1S/C12H18N4O2/c17-12(18)10-1-2-11(15-9-10)14-5-8-16-6-3-13-4-7-16/h1-2,9,13H,3-8H2,(H,14,15)(H,17,18). The first kappa shape index (κ1) is 12.8. The number of hydrogen-bond donors (Lipinski definition) is 3. The van der Waals surface area contributed by atoms with Gasteiger partial charge in [0.25, 0.3) is 0 Å². The van der Waals surface area contributed by atoms with E-state index in [9.17, 15) is 4.79 Å². The molecular weight excluding hydrogens is 232 g/mol. The van der Waals surface area contributed by atoms with Gasteiger partial charge in [0, 0.05) is 45.5 Å². The van der Waals surface area contributed by atoms with E-state index in [0.29, 0.717) is 0 Å². The highest BCUT2D eigenvalue weighted by molar-refractivity contribution is 5.87. The van der Waals surface area contributed by atoms with Crippen LogP contribution in [0, 0.1) is 0 Å². The maximum Gasteiger partial charge on any atom is 0.337 e. The van der Waals surface area contributed by atoms with E-state index in [0.717, 1.165) is 45.1 Å². The molecule has 1 fully saturated rings. The number of nitrogens with one attached hydrogen (secondary N) is 2. The topological polar surface area (TPSA) is 77.5 Å². The Kier molecular flexibility index (Phi) is 4.49. The first-order valence-electron chi connectivity index (χ1n) is 6.12. The first-order valence-corrected chi connectivity index (χ1v) is 6.12. The molecule has 6 heteroatoms. The number of carboxylic acid groups (broad SMARTS) is 1. The summed E-state index contributed by atoms with van der Waals surface area (Å²) in [6.07, 6.45) is 1.37. The lowest BCUT2D eigenvalue weighted by Gasteiger charge is -2.27. The second-order valence-electron chi connectivity index (χ2n) is 4.26. The SMILES string of the molecule is O=C(O)c1ccc(NCCN2CCNCC2)nc1. The summed E-state index contributed by atoms with van der Waals surface area (Å²) < 4.78 is 0. The minimum Gasteiger partial charge on any atom is -0.478 e. The van der Waals surface area contributed by atoms with Crippen LogP contribution in [0.5, 0.6) is 0 Å². The predicted octanol–water partition coefficient (Wildman–Crippen LogP) is 0.0969. The van der Waals surface area contributed by atoms with Crippen molar-refractivity contribution in [2.24, 2.45) is 0 Å². The molecule has 0 aliphatic carbocycles. The highest BCUT2D eigenvalue weighted by atomic mass is 16.4. The van der Waals surface area contributed by atoms with Crippen molar-refractivity contribution in [1.29, 1.82) is 0 Å². The van der Waals surface area contributed by atoms with E-state index in [-0.39, 0.29) is 5.56 Å². The molecule has 6 nitrogen and oxygen atoms in total. The molecule has 0 unspecified atom stereocenters. The third-order valence-corrected chi connectivity index (χ3v) is 2.95. The van der Waals surface area contributed by atoms with Gasteiger partial charge in [0.15, 0.2) is 0 Å². The van der Waals surface area contributed by atoms with Gasteiger partial charge in [-0.1, -0.05) is 0 Å². The minimum atomic E-state index is -0.949. The Bertz CT molecular complexity index is 388. The van der Waals surface area contributed by atoms with E-state index >= 15 is 0 Å². The molecule has 1 aliphatic rings. The largest absolute Gasteiger partial charge is 0.478 e. The van der Waals surface area contributed by atoms with Gasteiger partial charge in [-0.3, -0.25) is 4.90 Å². The average molecular weight is 250 g/mol. The fraction of sp³-hybridized carbons (Fsp3) is 0.500. The Morgan fingerprint density at radius 3 is 2.83 bits per heavy atom. The van der Waals surface area contributed by atoms with Crippen LogP contribution in [0.1, 0.15) is 10.4 Å². The number of anilines is 1. The van der Waals surface area contributed by atoms with Crippen LogP contribution in [-0.2, 0) is 0 Å². The third kappa shape index (κ3) is 3.68. The minimum absolute atomic E-state index is 0.211. The van der Waals surface area contributed by atoms with Gasteiger partial charge in [0.1, 0.15) is 5.82 Å². The number of aromatic carboxylic acids is 1. The molecule has 98 valence electrons. The second kappa shape index (κ2) is 6.32. The van der Waals surface area contributed by atoms with Gasteiger partial charge in [0.2, 0.25) is 0 Å². The van der Waals surface area contributed by atoms with Crippen molar-refractivity contribution < 1.29 is 9.90 Å². The molecule has 1 aromatic heterocycles. The van der Waals surface area contributed by atoms with E-state index in [1.807, 2.05) is 0 Å². The van der Waals surface area contributed by atoms with Crippen LogP contribution < -0.4 is 10.6 Å². The molecule has 0 atom stereocenters. The number of aromatic nitrogens is 1. The summed E-state index contributed by atoms with van der Waals surface area (Å²) in [6.45, 7) is 6.04. The number of carboxylic acids is 1. The number of nitrogens with zero attached hydrogens (tertiary/aromatic N) is 2. The number of hydrogen-bond acceptors (Lipinski definition) is 5. The van der Waals surface area contributed by atoms with E-state index in [1.165, 1.54) is 6.20 Å². The summed E-state index contributed by atoms with van der Waals surface area (Å²) in [5, 5.41) is 15.3. The quantitative estimate of drug-likeness (QED) is 0.688. The Hall–Kier alpha value is -1.66. The van der Waals surface area contributed by atoms with Gasteiger partial charge < -0.3 is 15.7 Å². The lowest BCUT2D eigenvalue weighted by Crippen LogP contribution is -2.45. The molecule has 0 saturated carbocycles. The smallest absolute Gasteiger partial charge is 0.337 e. The summed E-state index contributed by atoms with van der Waals surface area (Å²) >= 11 is 0. The van der Waals surface area contributed by atoms with Crippen LogP contribution in [0.15, 0.2) is 18.3 Å². The molecular formula is C12H18N4O2. The molecule has 0 radical (unpaired) electrons. The zero-order valence-electron chi connectivity index (χ0n) is 10.2. The fourth-order valence-electron chi connectivity index (χ4n) is 1.90. The lowest BCUT2D eigenvalue weighted by molar-refractivity contribution is 0.0696. The van der Waals surface area contributed by atoms with Crippen molar-refractivity contribution in [2.45, 2.75) is 0 Å². The predicted molar refractivity (Wildman–Crippen MR) is 69.0 cm³/mol. The number of carbonyl (C=O) groups is 1. The molecule has 2 heterocycles. The van der Waals surface area contributed by atoms with Gasteiger partial charge in [-0.05, 0) is 12.1 Å². The molecule has 1 aliphatic heterocycles. The summed E-state index contributed by atoms with van der Waals surface area (Å²) in [5.41, 5.74) is 0.211. The summed E-state index contributed by atoms with van der Waals surface area (Å²) in [4.78, 5) is 17.1. The van der Waals surface area contributed by atoms with E-state index in [2.05, 4.69) is 20.5 Å². The highest BCUT2D eigenvalue weighted by Gasteiger charge is 2.08. The number of rotatable bonds is 5. The molecule has 3 N–H and O–H groups in total. The first-order chi connectivity index (χ1) is 8.75. The molecule has 2 rings (SSSR count). The zero-order valence-corrected chi connectivity index (χ0v) is 10.2. The molecule has 18 heavy (non-hydrogen) atoms. The van der Waals surface area contributed by atoms with Crippen molar-refractivity contribution in [3.05, 3.63) is 23.9 Å². The fourth-order valence-corrected chi connectivity index (χ4v) is 1.90. The number of pyridine rings is 1. The monoisotopic (exact) mass is 250 g/mol. The zero-order chi connectivity index (χ0) is 12.8. The van der Waals surface area contributed by atoms with Crippen molar-refractivity contribution >= 4 is 11.8 Å². The Morgan fingerprint density at radius 2 is 2.22 bits per heavy atom. The normalized spacial score (nSPS) is 16.4. The van der Waals surface area contributed by atoms with Gasteiger partial charge in [-0.25, -0.2) is 9.78 Å². The Balaban J connectivity index is 1.74. The Morgan fingerprint density at radius 1 is 1.44 bits per heavy atom. The van der Waals surface area contributed by atoms with Gasteiger partial charge in [-0.2, -0.15) is 0 Å². The summed E-state index contributed by atoms with van der Waals surface area (Å²) in [7, 11) is 0. The number of piperazine rings is 1. The molecule has 0 spiro atoms. The van der Waals surface area contributed by atoms with Crippen LogP contribution in [0.3, 0.4) is 0 Å². The molecule has 0 aromatic carbocycles. The van der Waals surface area contributed by atoms with E-state index in [4.69, 9.17) is 5.11 Å². The van der Waals surface area contributed by atoms with Crippen molar-refractivity contribution in [2.75, 3.05) is 44.6 Å². The van der Waals surface area contributed by atoms with Crippen LogP contribution in [-0.4, -0.2) is 60.2 Å². The Labute approximate surface area is 106 Å². The summed E-state index contributed by atoms with van der Waals surface area (Å²) in [6, 6.07) is 3.25. The van der Waals surface area contributed by atoms with Crippen LogP contribution in [0.25, 0.3) is 0 Å². The third-order valence-electron chi connectivity index (χ3n) is 2.95. The van der Waals surface area contributed by atoms with Gasteiger partial charge in [-0.15, -0.1) is 0 Å². The van der Waals surface area contributed by atoms with Crippen molar-refractivity contribution in [3.63, 3.8) is 0 Å². The molecule has 1 aromatic rings. The van der Waals surface area contributed by atoms with Crippen molar-refractivity contribution in [1.82, 2.24) is 15.2 Å². The molecule has 1 saturated heterocycles. The average Bonchev–Trinajstić information content (AvgIpc) is 2.40. The van der Waals surface area contributed by atoms with Crippen LogP contribution >= 0.6 is 0 Å². The van der Waals surface area contributed by atoms with Gasteiger partial charge >= 0.3 is 5.97 Å².